The SMILES string of the molecule is c1ccc2c(c1)Cc1ccc3c(c1-2)Cc1ccc2c(c1-3)c1cnccc1n1ccnc21. The fraction of sp³-hybridized carbons (Fsp3) is 0.0714. The van der Waals surface area contributed by atoms with Crippen LogP contribution in [0.1, 0.15) is 22.3 Å². The third-order valence-electron chi connectivity index (χ3n) is 7.20. The summed E-state index contributed by atoms with van der Waals surface area (Å²) in [6.45, 7) is 0. The summed E-state index contributed by atoms with van der Waals surface area (Å²) in [6, 6.07) is 20.2. The van der Waals surface area contributed by atoms with Gasteiger partial charge in [0.15, 0.2) is 0 Å². The van der Waals surface area contributed by atoms with Gasteiger partial charge in [-0.15, -0.1) is 0 Å². The number of rotatable bonds is 0. The van der Waals surface area contributed by atoms with E-state index in [2.05, 4.69) is 64.0 Å². The van der Waals surface area contributed by atoms with E-state index < -0.39 is 0 Å². The molecule has 3 aromatic carbocycles. The maximum atomic E-state index is 4.71. The van der Waals surface area contributed by atoms with Crippen LogP contribution in [0.25, 0.3) is 49.6 Å². The summed E-state index contributed by atoms with van der Waals surface area (Å²) in [7, 11) is 0. The highest BCUT2D eigenvalue weighted by atomic mass is 15.0. The first kappa shape index (κ1) is 15.8. The summed E-state index contributed by atoms with van der Waals surface area (Å²) in [5.74, 6) is 0. The predicted octanol–water partition coefficient (Wildman–Crippen LogP) is 6.18. The van der Waals surface area contributed by atoms with Gasteiger partial charge in [-0.25, -0.2) is 4.98 Å². The topological polar surface area (TPSA) is 30.2 Å². The molecule has 3 heteroatoms. The van der Waals surface area contributed by atoms with E-state index in [0.29, 0.717) is 0 Å². The molecule has 0 atom stereocenters. The zero-order chi connectivity index (χ0) is 20.1. The van der Waals surface area contributed by atoms with E-state index in [9.17, 15) is 0 Å². The fourth-order valence-corrected chi connectivity index (χ4v) is 5.96. The van der Waals surface area contributed by atoms with Crippen molar-refractivity contribution in [1.29, 1.82) is 0 Å². The second-order valence-corrected chi connectivity index (χ2v) is 8.67. The van der Waals surface area contributed by atoms with Gasteiger partial charge in [-0.3, -0.25) is 9.38 Å². The van der Waals surface area contributed by atoms with Gasteiger partial charge in [0.05, 0.1) is 5.52 Å². The number of nitrogens with zero attached hydrogens (tertiary/aromatic N) is 3. The maximum absolute atomic E-state index is 4.71. The molecule has 0 saturated carbocycles. The number of imidazole rings is 1. The van der Waals surface area contributed by atoms with Crippen LogP contribution in [0.15, 0.2) is 79.4 Å². The molecule has 8 rings (SSSR count). The first-order valence-electron chi connectivity index (χ1n) is 10.8. The van der Waals surface area contributed by atoms with E-state index in [1.165, 1.54) is 60.7 Å². The molecule has 0 bridgehead atoms. The first-order valence-corrected chi connectivity index (χ1v) is 10.8. The molecule has 31 heavy (non-hydrogen) atoms. The average Bonchev–Trinajstić information content (AvgIpc) is 3.53. The molecule has 3 aromatic heterocycles. The lowest BCUT2D eigenvalue weighted by Crippen LogP contribution is -1.93. The van der Waals surface area contributed by atoms with E-state index in [0.717, 1.165) is 24.0 Å². The number of hydrogen-bond acceptors (Lipinski definition) is 2. The number of fused-ring (bicyclic) bond motifs is 14. The fourth-order valence-electron chi connectivity index (χ4n) is 5.96. The van der Waals surface area contributed by atoms with E-state index in [-0.39, 0.29) is 0 Å². The zero-order valence-electron chi connectivity index (χ0n) is 16.8. The summed E-state index contributed by atoms with van der Waals surface area (Å²) in [5.41, 5.74) is 13.6. The van der Waals surface area contributed by atoms with Gasteiger partial charge in [-0.05, 0) is 63.4 Å². The molecule has 3 heterocycles. The number of aromatic nitrogens is 3. The Hall–Kier alpha value is -3.98. The highest BCUT2D eigenvalue weighted by Gasteiger charge is 2.30. The lowest BCUT2D eigenvalue weighted by molar-refractivity contribution is 1.23. The molecule has 0 spiro atoms. The number of hydrogen-bond donors (Lipinski definition) is 0. The zero-order valence-corrected chi connectivity index (χ0v) is 16.8. The van der Waals surface area contributed by atoms with Crippen molar-refractivity contribution in [2.24, 2.45) is 0 Å². The number of benzene rings is 3. The van der Waals surface area contributed by atoms with Crippen LogP contribution in [0.5, 0.6) is 0 Å². The summed E-state index contributed by atoms with van der Waals surface area (Å²) >= 11 is 0. The Kier molecular flexibility index (Phi) is 2.74. The first-order chi connectivity index (χ1) is 15.4. The Balaban J connectivity index is 1.55. The van der Waals surface area contributed by atoms with Gasteiger partial charge in [-0.2, -0.15) is 0 Å². The summed E-state index contributed by atoms with van der Waals surface area (Å²) in [6.07, 6.45) is 9.84. The molecule has 6 aromatic rings. The van der Waals surface area contributed by atoms with Crippen LogP contribution in [0, 0.1) is 0 Å². The lowest BCUT2D eigenvalue weighted by atomic mass is 9.93. The van der Waals surface area contributed by atoms with Gasteiger partial charge >= 0.3 is 0 Å². The normalized spacial score (nSPS) is 13.5. The van der Waals surface area contributed by atoms with Crippen molar-refractivity contribution in [3.63, 3.8) is 0 Å². The number of pyridine rings is 2. The average molecular weight is 395 g/mol. The van der Waals surface area contributed by atoms with Crippen molar-refractivity contribution in [3.8, 4) is 22.3 Å². The molecule has 2 aliphatic rings. The molecule has 0 aliphatic heterocycles. The van der Waals surface area contributed by atoms with Gasteiger partial charge in [0.2, 0.25) is 0 Å². The van der Waals surface area contributed by atoms with Crippen molar-refractivity contribution in [1.82, 2.24) is 14.4 Å². The van der Waals surface area contributed by atoms with Crippen LogP contribution >= 0.6 is 0 Å². The van der Waals surface area contributed by atoms with E-state index in [1.807, 2.05) is 24.8 Å². The smallest absolute Gasteiger partial charge is 0.145 e. The van der Waals surface area contributed by atoms with Gasteiger partial charge in [0.1, 0.15) is 5.65 Å². The summed E-state index contributed by atoms with van der Waals surface area (Å²) in [5, 5.41) is 3.66. The molecule has 0 amide bonds. The van der Waals surface area contributed by atoms with Crippen LogP contribution < -0.4 is 0 Å². The van der Waals surface area contributed by atoms with Crippen LogP contribution in [0.4, 0.5) is 0 Å². The Morgan fingerprint density at radius 1 is 0.710 bits per heavy atom. The van der Waals surface area contributed by atoms with Gasteiger partial charge in [0, 0.05) is 40.9 Å². The minimum absolute atomic E-state index is 0.986. The standard InChI is InChI=1S/C28H17N3/c1-2-4-19-16(3-1)13-17-5-7-20-22(25(17)19)14-18-6-8-21-27(26(18)20)23-15-29-10-9-24(23)31-12-11-30-28(21)31/h1-12,15H,13-14H2. The molecule has 0 unspecified atom stereocenters. The third-order valence-corrected chi connectivity index (χ3v) is 7.20. The molecule has 2 aliphatic carbocycles. The largest absolute Gasteiger partial charge is 0.299 e. The Morgan fingerprint density at radius 3 is 2.61 bits per heavy atom. The highest BCUT2D eigenvalue weighted by molar-refractivity contribution is 6.19. The lowest BCUT2D eigenvalue weighted by Gasteiger charge is -2.13. The summed E-state index contributed by atoms with van der Waals surface area (Å²) in [4.78, 5) is 9.20. The molecule has 0 N–H and O–H groups in total. The van der Waals surface area contributed by atoms with Crippen molar-refractivity contribution < 1.29 is 0 Å². The van der Waals surface area contributed by atoms with E-state index in [1.54, 1.807) is 0 Å². The Labute approximate surface area is 178 Å². The monoisotopic (exact) mass is 395 g/mol. The van der Waals surface area contributed by atoms with Gasteiger partial charge in [0.25, 0.3) is 0 Å². The van der Waals surface area contributed by atoms with Crippen molar-refractivity contribution in [2.45, 2.75) is 12.8 Å². The molecule has 0 radical (unpaired) electrons. The van der Waals surface area contributed by atoms with Gasteiger partial charge in [-0.1, -0.05) is 48.5 Å². The molecular weight excluding hydrogens is 378 g/mol. The molecule has 3 nitrogen and oxygen atoms in total. The van der Waals surface area contributed by atoms with Crippen LogP contribution in [-0.2, 0) is 12.8 Å². The van der Waals surface area contributed by atoms with Crippen LogP contribution in [0.3, 0.4) is 0 Å². The second kappa shape index (κ2) is 5.38. The van der Waals surface area contributed by atoms with Crippen LogP contribution in [0.2, 0.25) is 0 Å². The van der Waals surface area contributed by atoms with Crippen LogP contribution in [-0.4, -0.2) is 14.4 Å². The van der Waals surface area contributed by atoms with E-state index >= 15 is 0 Å². The highest BCUT2D eigenvalue weighted by Crippen LogP contribution is 2.50. The van der Waals surface area contributed by atoms with Crippen molar-refractivity contribution in [2.75, 3.05) is 0 Å². The molecule has 0 saturated heterocycles. The minimum Gasteiger partial charge on any atom is -0.299 e. The molecule has 144 valence electrons. The minimum atomic E-state index is 0.986. The molecule has 0 fully saturated rings. The van der Waals surface area contributed by atoms with Crippen molar-refractivity contribution in [3.05, 3.63) is 102 Å². The maximum Gasteiger partial charge on any atom is 0.145 e. The Bertz CT molecular complexity index is 1740. The Morgan fingerprint density at radius 2 is 1.61 bits per heavy atom. The van der Waals surface area contributed by atoms with E-state index in [4.69, 9.17) is 4.98 Å². The third kappa shape index (κ3) is 1.85. The summed E-state index contributed by atoms with van der Waals surface area (Å²) < 4.78 is 2.18. The van der Waals surface area contributed by atoms with Crippen molar-refractivity contribution >= 4 is 27.3 Å². The predicted molar refractivity (Wildman–Crippen MR) is 124 cm³/mol. The molecular formula is C28H17N3. The quantitative estimate of drug-likeness (QED) is 0.287. The van der Waals surface area contributed by atoms with Gasteiger partial charge < -0.3 is 0 Å². The second-order valence-electron chi connectivity index (χ2n) is 8.67.